The molecule has 2 aromatic carbocycles. The van der Waals surface area contributed by atoms with Crippen molar-refractivity contribution in [1.29, 1.82) is 0 Å². The third kappa shape index (κ3) is 8.64. The Kier molecular flexibility index (Phi) is 11.0. The van der Waals surface area contributed by atoms with Crippen LogP contribution < -0.4 is 0 Å². The van der Waals surface area contributed by atoms with Crippen LogP contribution in [0.3, 0.4) is 0 Å². The molecule has 160 valence electrons. The van der Waals surface area contributed by atoms with E-state index in [0.29, 0.717) is 12.8 Å². The molecule has 0 heterocycles. The molecule has 0 amide bonds. The molecule has 2 atom stereocenters. The van der Waals surface area contributed by atoms with E-state index in [1.54, 1.807) is 0 Å². The molecule has 0 aromatic heterocycles. The summed E-state index contributed by atoms with van der Waals surface area (Å²) in [6, 6.07) is 19.2. The fraction of sp³-hybridized carbons (Fsp3) is 0.320. The van der Waals surface area contributed by atoms with Crippen molar-refractivity contribution in [3.63, 3.8) is 0 Å². The van der Waals surface area contributed by atoms with Crippen LogP contribution in [0.4, 0.5) is 4.79 Å². The first-order valence-corrected chi connectivity index (χ1v) is 10.3. The molecule has 0 saturated heterocycles. The first-order chi connectivity index (χ1) is 14.7. The average molecular weight is 411 g/mol. The number of carbonyl (C=O) groups excluding carboxylic acids is 1. The predicted octanol–water partition coefficient (Wildman–Crippen LogP) is 7.20. The number of rotatable bonds is 14. The lowest BCUT2D eigenvalue weighted by molar-refractivity contribution is -0.351. The number of hydrogen-bond donors (Lipinski definition) is 0. The van der Waals surface area contributed by atoms with E-state index in [1.165, 1.54) is 0 Å². The number of unbranched alkanes of at least 4 members (excludes halogenated alkanes) is 2. The van der Waals surface area contributed by atoms with Crippen molar-refractivity contribution in [2.45, 2.75) is 50.7 Å². The van der Waals surface area contributed by atoms with Crippen molar-refractivity contribution < 1.29 is 24.3 Å². The quantitative estimate of drug-likeness (QED) is 0.143. The molecule has 0 aliphatic carbocycles. The van der Waals surface area contributed by atoms with Crippen LogP contribution >= 0.6 is 0 Å². The van der Waals surface area contributed by atoms with Gasteiger partial charge in [0.2, 0.25) is 0 Å². The molecule has 0 saturated carbocycles. The van der Waals surface area contributed by atoms with Gasteiger partial charge in [0.25, 0.3) is 0 Å². The third-order valence-electron chi connectivity index (χ3n) is 4.56. The monoisotopic (exact) mass is 410 g/mol. The van der Waals surface area contributed by atoms with Gasteiger partial charge < -0.3 is 0 Å². The molecule has 0 N–H and O–H groups in total. The van der Waals surface area contributed by atoms with Crippen molar-refractivity contribution in [3.05, 3.63) is 97.1 Å². The zero-order chi connectivity index (χ0) is 21.4. The highest BCUT2D eigenvalue weighted by atomic mass is 17.3. The van der Waals surface area contributed by atoms with E-state index in [0.717, 1.165) is 36.8 Å². The highest BCUT2D eigenvalue weighted by Crippen LogP contribution is 2.26. The van der Waals surface area contributed by atoms with E-state index in [1.807, 2.05) is 72.8 Å². The first-order valence-electron chi connectivity index (χ1n) is 10.3. The largest absolute Gasteiger partial charge is 0.573 e. The fourth-order valence-corrected chi connectivity index (χ4v) is 2.98. The Labute approximate surface area is 178 Å². The fourth-order valence-electron chi connectivity index (χ4n) is 2.98. The Morgan fingerprint density at radius 1 is 0.733 bits per heavy atom. The molecule has 5 nitrogen and oxygen atoms in total. The van der Waals surface area contributed by atoms with Crippen molar-refractivity contribution >= 4 is 6.16 Å². The maximum atomic E-state index is 12.0. The van der Waals surface area contributed by atoms with E-state index in [9.17, 15) is 4.79 Å². The molecule has 2 unspecified atom stereocenters. The molecule has 2 rings (SSSR count). The Hall–Kier alpha value is -2.89. The van der Waals surface area contributed by atoms with E-state index in [-0.39, 0.29) is 0 Å². The summed E-state index contributed by atoms with van der Waals surface area (Å²) in [5.41, 5.74) is 1.84. The van der Waals surface area contributed by atoms with Gasteiger partial charge in [-0.25, -0.2) is 0 Å². The Bertz CT molecular complexity index is 681. The van der Waals surface area contributed by atoms with Gasteiger partial charge in [-0.2, -0.15) is 14.6 Å². The predicted molar refractivity (Wildman–Crippen MR) is 116 cm³/mol. The first kappa shape index (κ1) is 23.4. The number of allylic oxidation sites excluding steroid dienone is 2. The van der Waals surface area contributed by atoms with Gasteiger partial charge in [-0.05, 0) is 49.7 Å². The van der Waals surface area contributed by atoms with Gasteiger partial charge >= 0.3 is 6.16 Å². The van der Waals surface area contributed by atoms with Crippen LogP contribution in [-0.2, 0) is 19.6 Å². The standard InChI is InChI=1S/C25H30O5/c1-3-5-9-19-23(21-15-11-7-12-16-21)27-29-25(26)30-28-24(20-10-6-4-2)22-17-13-8-14-18-22/h3-4,7-8,11-18,23-24H,1-2,5-6,9-10,19-20H2. The number of hydrogen-bond acceptors (Lipinski definition) is 5. The second kappa shape index (κ2) is 14.1. The van der Waals surface area contributed by atoms with E-state index in [2.05, 4.69) is 13.2 Å². The van der Waals surface area contributed by atoms with Crippen LogP contribution in [-0.4, -0.2) is 6.16 Å². The topological polar surface area (TPSA) is 54.0 Å². The Morgan fingerprint density at radius 3 is 1.50 bits per heavy atom. The summed E-state index contributed by atoms with van der Waals surface area (Å²) in [6.45, 7) is 7.46. The molecule has 0 radical (unpaired) electrons. The maximum Gasteiger partial charge on any atom is 0.573 e. The minimum absolute atomic E-state index is 0.392. The van der Waals surface area contributed by atoms with Crippen LogP contribution in [0.2, 0.25) is 0 Å². The Morgan fingerprint density at radius 2 is 1.13 bits per heavy atom. The highest BCUT2D eigenvalue weighted by Gasteiger charge is 2.20. The zero-order valence-corrected chi connectivity index (χ0v) is 17.3. The summed E-state index contributed by atoms with van der Waals surface area (Å²) >= 11 is 0. The van der Waals surface area contributed by atoms with Gasteiger partial charge in [-0.3, -0.25) is 9.78 Å². The second-order valence-corrected chi connectivity index (χ2v) is 6.85. The van der Waals surface area contributed by atoms with Crippen molar-refractivity contribution in [1.82, 2.24) is 0 Å². The molecule has 0 fully saturated rings. The summed E-state index contributed by atoms with van der Waals surface area (Å²) in [6.07, 6.45) is 6.65. The van der Waals surface area contributed by atoms with E-state index < -0.39 is 18.4 Å². The van der Waals surface area contributed by atoms with Crippen molar-refractivity contribution in [2.75, 3.05) is 0 Å². The highest BCUT2D eigenvalue weighted by molar-refractivity contribution is 5.58. The summed E-state index contributed by atoms with van der Waals surface area (Å²) in [5, 5.41) is 0. The maximum absolute atomic E-state index is 12.0. The lowest BCUT2D eigenvalue weighted by atomic mass is 10.0. The van der Waals surface area contributed by atoms with Gasteiger partial charge in [0.05, 0.1) is 0 Å². The molecular formula is C25H30O5. The normalized spacial score (nSPS) is 12.5. The molecule has 5 heteroatoms. The molecule has 0 spiro atoms. The lowest BCUT2D eigenvalue weighted by Gasteiger charge is -2.17. The van der Waals surface area contributed by atoms with Gasteiger partial charge in [-0.1, -0.05) is 72.8 Å². The minimum Gasteiger partial charge on any atom is -0.257 e. The summed E-state index contributed by atoms with van der Waals surface area (Å²) in [5.74, 6) is 0. The van der Waals surface area contributed by atoms with Crippen molar-refractivity contribution in [2.24, 2.45) is 0 Å². The second-order valence-electron chi connectivity index (χ2n) is 6.85. The Balaban J connectivity index is 1.88. The van der Waals surface area contributed by atoms with Gasteiger partial charge in [0, 0.05) is 0 Å². The molecule has 0 aliphatic heterocycles. The number of benzene rings is 2. The summed E-state index contributed by atoms with van der Waals surface area (Å²) < 4.78 is 0. The summed E-state index contributed by atoms with van der Waals surface area (Å²) in [7, 11) is 0. The lowest BCUT2D eigenvalue weighted by Crippen LogP contribution is -2.15. The SMILES string of the molecule is C=CCCCC(OOC(=O)OOC(CCCC=C)c1ccccc1)c1ccccc1. The summed E-state index contributed by atoms with van der Waals surface area (Å²) in [4.78, 5) is 32.5. The zero-order valence-electron chi connectivity index (χ0n) is 17.3. The van der Waals surface area contributed by atoms with Gasteiger partial charge in [0.1, 0.15) is 12.2 Å². The van der Waals surface area contributed by atoms with Gasteiger partial charge in [-0.15, -0.1) is 13.2 Å². The molecule has 0 aliphatic rings. The van der Waals surface area contributed by atoms with Gasteiger partial charge in [0.15, 0.2) is 0 Å². The van der Waals surface area contributed by atoms with Crippen LogP contribution in [0.15, 0.2) is 86.0 Å². The van der Waals surface area contributed by atoms with Crippen LogP contribution in [0.1, 0.15) is 61.9 Å². The third-order valence-corrected chi connectivity index (χ3v) is 4.56. The smallest absolute Gasteiger partial charge is 0.257 e. The molecular weight excluding hydrogens is 380 g/mol. The number of carbonyl (C=O) groups is 1. The minimum atomic E-state index is -1.04. The molecule has 0 bridgehead atoms. The van der Waals surface area contributed by atoms with E-state index >= 15 is 0 Å². The average Bonchev–Trinajstić information content (AvgIpc) is 2.79. The van der Waals surface area contributed by atoms with E-state index in [4.69, 9.17) is 19.6 Å². The van der Waals surface area contributed by atoms with Crippen molar-refractivity contribution in [3.8, 4) is 0 Å². The molecule has 2 aromatic rings. The molecule has 30 heavy (non-hydrogen) atoms. The van der Waals surface area contributed by atoms with Crippen LogP contribution in [0.5, 0.6) is 0 Å². The van der Waals surface area contributed by atoms with Crippen LogP contribution in [0.25, 0.3) is 0 Å². The van der Waals surface area contributed by atoms with Crippen LogP contribution in [0, 0.1) is 0 Å².